The van der Waals surface area contributed by atoms with Crippen LogP contribution in [-0.2, 0) is 9.59 Å². The molecule has 7 heteroatoms. The third-order valence-electron chi connectivity index (χ3n) is 2.89. The fourth-order valence-electron chi connectivity index (χ4n) is 1.78. The first-order valence-electron chi connectivity index (χ1n) is 6.70. The van der Waals surface area contributed by atoms with Gasteiger partial charge in [-0.3, -0.25) is 14.8 Å². The first-order chi connectivity index (χ1) is 10.0. The molecule has 0 heterocycles. The van der Waals surface area contributed by atoms with Crippen LogP contribution in [0.1, 0.15) is 38.5 Å². The van der Waals surface area contributed by atoms with E-state index in [1.54, 1.807) is 11.5 Å². The van der Waals surface area contributed by atoms with Crippen LogP contribution < -0.4 is 10.8 Å². The second kappa shape index (κ2) is 9.46. The SMILES string of the molecule is O=C(CCCCCCC(=O)Nc1ccc(Br)c(F)c1)NO. The Kier molecular flexibility index (Phi) is 7.92. The zero-order valence-electron chi connectivity index (χ0n) is 11.5. The Labute approximate surface area is 131 Å². The van der Waals surface area contributed by atoms with Gasteiger partial charge in [0.15, 0.2) is 0 Å². The number of benzene rings is 1. The Morgan fingerprint density at radius 1 is 1.10 bits per heavy atom. The Morgan fingerprint density at radius 3 is 2.29 bits per heavy atom. The third kappa shape index (κ3) is 7.19. The van der Waals surface area contributed by atoms with Crippen molar-refractivity contribution >= 4 is 33.4 Å². The number of carbonyl (C=O) groups excluding carboxylic acids is 2. The van der Waals surface area contributed by atoms with E-state index in [2.05, 4.69) is 21.2 Å². The second-order valence-corrected chi connectivity index (χ2v) is 5.48. The number of rotatable bonds is 8. The molecule has 1 aromatic rings. The molecule has 21 heavy (non-hydrogen) atoms. The second-order valence-electron chi connectivity index (χ2n) is 4.63. The maximum Gasteiger partial charge on any atom is 0.243 e. The van der Waals surface area contributed by atoms with Gasteiger partial charge in [0.1, 0.15) is 5.82 Å². The molecule has 5 nitrogen and oxygen atoms in total. The number of unbranched alkanes of at least 4 members (excludes halogenated alkanes) is 3. The summed E-state index contributed by atoms with van der Waals surface area (Å²) >= 11 is 3.05. The van der Waals surface area contributed by atoms with Gasteiger partial charge in [-0.2, -0.15) is 0 Å². The number of amides is 2. The lowest BCUT2D eigenvalue weighted by molar-refractivity contribution is -0.129. The molecule has 0 aromatic heterocycles. The van der Waals surface area contributed by atoms with Crippen LogP contribution in [0, 0.1) is 5.82 Å². The molecule has 116 valence electrons. The fraction of sp³-hybridized carbons (Fsp3) is 0.429. The zero-order valence-corrected chi connectivity index (χ0v) is 13.1. The standard InChI is InChI=1S/C14H18BrFN2O3/c15-11-8-7-10(9-12(11)16)17-13(19)5-3-1-2-4-6-14(20)18-21/h7-9,21H,1-6H2,(H,17,19)(H,18,20). The van der Waals surface area contributed by atoms with E-state index in [-0.39, 0.29) is 12.3 Å². The molecule has 0 aliphatic carbocycles. The topological polar surface area (TPSA) is 78.4 Å². The number of carbonyl (C=O) groups is 2. The van der Waals surface area contributed by atoms with Crippen LogP contribution in [0.4, 0.5) is 10.1 Å². The van der Waals surface area contributed by atoms with Gasteiger partial charge in [-0.25, -0.2) is 9.87 Å². The van der Waals surface area contributed by atoms with Gasteiger partial charge in [0.25, 0.3) is 0 Å². The highest BCUT2D eigenvalue weighted by atomic mass is 79.9. The molecular formula is C14H18BrFN2O3. The van der Waals surface area contributed by atoms with Crippen LogP contribution in [0.15, 0.2) is 22.7 Å². The summed E-state index contributed by atoms with van der Waals surface area (Å²) in [5.41, 5.74) is 2.00. The van der Waals surface area contributed by atoms with E-state index in [4.69, 9.17) is 5.21 Å². The van der Waals surface area contributed by atoms with Gasteiger partial charge in [-0.05, 0) is 47.0 Å². The Morgan fingerprint density at radius 2 is 1.71 bits per heavy atom. The predicted molar refractivity (Wildman–Crippen MR) is 80.4 cm³/mol. The molecule has 0 saturated heterocycles. The van der Waals surface area contributed by atoms with Crippen LogP contribution in [0.3, 0.4) is 0 Å². The van der Waals surface area contributed by atoms with Gasteiger partial charge < -0.3 is 5.32 Å². The largest absolute Gasteiger partial charge is 0.326 e. The van der Waals surface area contributed by atoms with Crippen LogP contribution >= 0.6 is 15.9 Å². The minimum Gasteiger partial charge on any atom is -0.326 e. The predicted octanol–water partition coefficient (Wildman–Crippen LogP) is 3.37. The van der Waals surface area contributed by atoms with E-state index < -0.39 is 11.7 Å². The highest BCUT2D eigenvalue weighted by molar-refractivity contribution is 9.10. The lowest BCUT2D eigenvalue weighted by Crippen LogP contribution is -2.17. The molecule has 0 spiro atoms. The van der Waals surface area contributed by atoms with E-state index in [1.807, 2.05) is 0 Å². The highest BCUT2D eigenvalue weighted by Crippen LogP contribution is 2.19. The van der Waals surface area contributed by atoms with Crippen molar-refractivity contribution in [2.24, 2.45) is 0 Å². The average molecular weight is 361 g/mol. The number of anilines is 1. The van der Waals surface area contributed by atoms with E-state index in [1.165, 1.54) is 12.1 Å². The molecule has 1 aromatic carbocycles. The molecule has 3 N–H and O–H groups in total. The van der Waals surface area contributed by atoms with Crippen molar-refractivity contribution < 1.29 is 19.2 Å². The summed E-state index contributed by atoms with van der Waals surface area (Å²) < 4.78 is 13.6. The first-order valence-corrected chi connectivity index (χ1v) is 7.50. The maximum absolute atomic E-state index is 13.3. The minimum absolute atomic E-state index is 0.162. The van der Waals surface area contributed by atoms with Gasteiger partial charge in [-0.15, -0.1) is 0 Å². The molecule has 1 rings (SSSR count). The van der Waals surface area contributed by atoms with E-state index in [9.17, 15) is 14.0 Å². The molecule has 0 saturated carbocycles. The molecule has 0 fully saturated rings. The summed E-state index contributed by atoms with van der Waals surface area (Å²) in [5, 5.41) is 10.9. The van der Waals surface area contributed by atoms with E-state index in [0.717, 1.165) is 12.8 Å². The van der Waals surface area contributed by atoms with E-state index in [0.29, 0.717) is 29.4 Å². The Hall–Kier alpha value is -1.47. The van der Waals surface area contributed by atoms with Crippen LogP contribution in [-0.4, -0.2) is 17.0 Å². The van der Waals surface area contributed by atoms with Crippen molar-refractivity contribution in [3.8, 4) is 0 Å². The summed E-state index contributed by atoms with van der Waals surface area (Å²) in [6.07, 6.45) is 3.64. The van der Waals surface area contributed by atoms with Crippen molar-refractivity contribution in [1.82, 2.24) is 5.48 Å². The average Bonchev–Trinajstić information content (AvgIpc) is 2.46. The third-order valence-corrected chi connectivity index (χ3v) is 3.53. The molecule has 0 radical (unpaired) electrons. The Balaban J connectivity index is 2.16. The normalized spacial score (nSPS) is 10.2. The van der Waals surface area contributed by atoms with Gasteiger partial charge in [0, 0.05) is 18.5 Å². The molecule has 0 aliphatic heterocycles. The summed E-state index contributed by atoms with van der Waals surface area (Å²) in [6, 6.07) is 4.42. The van der Waals surface area contributed by atoms with Crippen molar-refractivity contribution in [2.45, 2.75) is 38.5 Å². The first kappa shape index (κ1) is 17.6. The molecule has 0 aliphatic rings. The minimum atomic E-state index is -0.421. The molecule has 0 atom stereocenters. The van der Waals surface area contributed by atoms with Crippen molar-refractivity contribution in [3.05, 3.63) is 28.5 Å². The van der Waals surface area contributed by atoms with Gasteiger partial charge in [-0.1, -0.05) is 12.8 Å². The highest BCUT2D eigenvalue weighted by Gasteiger charge is 2.05. The van der Waals surface area contributed by atoms with Crippen molar-refractivity contribution in [2.75, 3.05) is 5.32 Å². The molecular weight excluding hydrogens is 343 g/mol. The monoisotopic (exact) mass is 360 g/mol. The molecule has 0 bridgehead atoms. The quantitative estimate of drug-likeness (QED) is 0.377. The summed E-state index contributed by atoms with van der Waals surface area (Å²) in [7, 11) is 0. The zero-order chi connectivity index (χ0) is 15.7. The number of nitrogens with one attached hydrogen (secondary N) is 2. The number of hydrogen-bond acceptors (Lipinski definition) is 3. The Bertz CT molecular complexity index is 497. The van der Waals surface area contributed by atoms with E-state index >= 15 is 0 Å². The van der Waals surface area contributed by atoms with Crippen molar-refractivity contribution in [3.63, 3.8) is 0 Å². The molecule has 2 amide bonds. The summed E-state index contributed by atoms with van der Waals surface area (Å²) in [5.74, 6) is -0.982. The fourth-order valence-corrected chi connectivity index (χ4v) is 2.02. The number of hydroxylamine groups is 1. The number of halogens is 2. The van der Waals surface area contributed by atoms with Gasteiger partial charge in [0.05, 0.1) is 4.47 Å². The summed E-state index contributed by atoms with van der Waals surface area (Å²) in [4.78, 5) is 22.4. The van der Waals surface area contributed by atoms with Crippen LogP contribution in [0.25, 0.3) is 0 Å². The maximum atomic E-state index is 13.3. The van der Waals surface area contributed by atoms with Crippen LogP contribution in [0.5, 0.6) is 0 Å². The lowest BCUT2D eigenvalue weighted by atomic mass is 10.1. The lowest BCUT2D eigenvalue weighted by Gasteiger charge is -2.06. The number of hydrogen-bond donors (Lipinski definition) is 3. The summed E-state index contributed by atoms with van der Waals surface area (Å²) in [6.45, 7) is 0. The van der Waals surface area contributed by atoms with Gasteiger partial charge >= 0.3 is 0 Å². The smallest absolute Gasteiger partial charge is 0.243 e. The molecule has 0 unspecified atom stereocenters. The van der Waals surface area contributed by atoms with Gasteiger partial charge in [0.2, 0.25) is 11.8 Å². The van der Waals surface area contributed by atoms with Crippen LogP contribution in [0.2, 0.25) is 0 Å². The van der Waals surface area contributed by atoms with Crippen molar-refractivity contribution in [1.29, 1.82) is 0 Å².